The molecule has 0 aliphatic carbocycles. The third kappa shape index (κ3) is 4.24. The maximum atomic E-state index is 10.9. The van der Waals surface area contributed by atoms with Crippen molar-refractivity contribution in [2.75, 3.05) is 6.61 Å². The van der Waals surface area contributed by atoms with Crippen LogP contribution in [0.2, 0.25) is 5.15 Å². The van der Waals surface area contributed by atoms with E-state index in [2.05, 4.69) is 17.1 Å². The molecule has 2 heterocycles. The molecule has 0 saturated carbocycles. The van der Waals surface area contributed by atoms with Gasteiger partial charge in [-0.3, -0.25) is 0 Å². The van der Waals surface area contributed by atoms with Crippen LogP contribution >= 0.6 is 11.6 Å². The van der Waals surface area contributed by atoms with Gasteiger partial charge in [0.2, 0.25) is 0 Å². The van der Waals surface area contributed by atoms with Crippen LogP contribution in [0.3, 0.4) is 0 Å². The number of aliphatic hydroxyl groups excluding tert-OH is 1. The van der Waals surface area contributed by atoms with Gasteiger partial charge in [0, 0.05) is 11.5 Å². The zero-order valence-electron chi connectivity index (χ0n) is 14.7. The minimum Gasteiger partial charge on any atom is -0.493 e. The number of aromatic nitrogens is 1. The average Bonchev–Trinajstić information content (AvgIpc) is 2.70. The summed E-state index contributed by atoms with van der Waals surface area (Å²) in [6.07, 6.45) is 0.167. The molecule has 5 heteroatoms. The van der Waals surface area contributed by atoms with Gasteiger partial charge in [-0.1, -0.05) is 48.0 Å². The molecule has 0 fully saturated rings. The van der Waals surface area contributed by atoms with E-state index in [1.165, 1.54) is 5.56 Å². The fourth-order valence-electron chi connectivity index (χ4n) is 3.30. The van der Waals surface area contributed by atoms with E-state index < -0.39 is 6.10 Å². The summed E-state index contributed by atoms with van der Waals surface area (Å²) in [5, 5.41) is 11.3. The normalized spacial score (nSPS) is 18.4. The second-order valence-electron chi connectivity index (χ2n) is 6.65. The molecule has 2 atom stereocenters. The molecule has 4 rings (SSSR count). The zero-order chi connectivity index (χ0) is 18.6. The van der Waals surface area contributed by atoms with Crippen LogP contribution in [0.5, 0.6) is 11.5 Å². The Bertz CT molecular complexity index is 916. The lowest BCUT2D eigenvalue weighted by molar-refractivity contribution is 0.0504. The quantitative estimate of drug-likeness (QED) is 0.656. The molecule has 1 aliphatic rings. The predicted octanol–water partition coefficient (Wildman–Crippen LogP) is 4.60. The van der Waals surface area contributed by atoms with Crippen LogP contribution in [-0.4, -0.2) is 16.7 Å². The summed E-state index contributed by atoms with van der Waals surface area (Å²) in [7, 11) is 0. The lowest BCUT2D eigenvalue weighted by Crippen LogP contribution is -2.27. The van der Waals surface area contributed by atoms with Gasteiger partial charge in [0.15, 0.2) is 0 Å². The summed E-state index contributed by atoms with van der Waals surface area (Å²) in [5.74, 6) is 1.38. The van der Waals surface area contributed by atoms with Gasteiger partial charge in [0.05, 0.1) is 18.4 Å². The van der Waals surface area contributed by atoms with E-state index in [-0.39, 0.29) is 5.92 Å². The average molecular weight is 382 g/mol. The summed E-state index contributed by atoms with van der Waals surface area (Å²) in [6.45, 7) is 0.805. The van der Waals surface area contributed by atoms with E-state index in [1.54, 1.807) is 6.07 Å². The first-order valence-corrected chi connectivity index (χ1v) is 9.30. The Kier molecular flexibility index (Phi) is 5.28. The van der Waals surface area contributed by atoms with Crippen LogP contribution in [0.1, 0.15) is 22.9 Å². The van der Waals surface area contributed by atoms with Gasteiger partial charge in [-0.15, -0.1) is 0 Å². The SMILES string of the molecule is O[C@H]1c2cc(OCc3cccc(Cl)n3)ccc2OC[C@@H]1Cc1ccccc1. The first-order valence-electron chi connectivity index (χ1n) is 8.92. The molecule has 1 N–H and O–H groups in total. The lowest BCUT2D eigenvalue weighted by Gasteiger charge is -2.30. The Hall–Kier alpha value is -2.56. The third-order valence-electron chi connectivity index (χ3n) is 4.70. The molecule has 138 valence electrons. The maximum absolute atomic E-state index is 10.9. The van der Waals surface area contributed by atoms with E-state index in [9.17, 15) is 5.11 Å². The van der Waals surface area contributed by atoms with E-state index in [1.807, 2.05) is 48.5 Å². The van der Waals surface area contributed by atoms with Gasteiger partial charge in [-0.25, -0.2) is 4.98 Å². The second kappa shape index (κ2) is 7.99. The van der Waals surface area contributed by atoms with Gasteiger partial charge in [-0.2, -0.15) is 0 Å². The van der Waals surface area contributed by atoms with E-state index in [4.69, 9.17) is 21.1 Å². The van der Waals surface area contributed by atoms with Crippen molar-refractivity contribution in [3.8, 4) is 11.5 Å². The first kappa shape index (κ1) is 17.8. The van der Waals surface area contributed by atoms with E-state index in [0.29, 0.717) is 29.9 Å². The Labute approximate surface area is 163 Å². The number of pyridine rings is 1. The molecule has 0 saturated heterocycles. The minimum atomic E-state index is -0.596. The topological polar surface area (TPSA) is 51.6 Å². The van der Waals surface area contributed by atoms with Crippen molar-refractivity contribution in [3.05, 3.63) is 88.7 Å². The van der Waals surface area contributed by atoms with Gasteiger partial charge in [0.25, 0.3) is 0 Å². The molecule has 27 heavy (non-hydrogen) atoms. The number of nitrogens with zero attached hydrogens (tertiary/aromatic N) is 1. The molecular formula is C22H20ClNO3. The number of rotatable bonds is 5. The molecule has 0 spiro atoms. The number of fused-ring (bicyclic) bond motifs is 1. The van der Waals surface area contributed by atoms with Crippen LogP contribution in [0.25, 0.3) is 0 Å². The Balaban J connectivity index is 1.47. The van der Waals surface area contributed by atoms with Crippen molar-refractivity contribution >= 4 is 11.6 Å². The fraction of sp³-hybridized carbons (Fsp3) is 0.227. The minimum absolute atomic E-state index is 0.00440. The third-order valence-corrected chi connectivity index (χ3v) is 4.91. The molecule has 2 aromatic carbocycles. The lowest BCUT2D eigenvalue weighted by atomic mass is 9.88. The number of benzene rings is 2. The smallest absolute Gasteiger partial charge is 0.130 e. The molecular weight excluding hydrogens is 362 g/mol. The largest absolute Gasteiger partial charge is 0.493 e. The molecule has 3 aromatic rings. The number of ether oxygens (including phenoxy) is 2. The molecule has 0 radical (unpaired) electrons. The van der Waals surface area contributed by atoms with Crippen LogP contribution in [0, 0.1) is 5.92 Å². The van der Waals surface area contributed by atoms with Crippen molar-refractivity contribution in [2.45, 2.75) is 19.1 Å². The summed E-state index contributed by atoms with van der Waals surface area (Å²) >= 11 is 5.91. The predicted molar refractivity (Wildman–Crippen MR) is 104 cm³/mol. The highest BCUT2D eigenvalue weighted by Crippen LogP contribution is 2.39. The van der Waals surface area contributed by atoms with Crippen LogP contribution in [-0.2, 0) is 13.0 Å². The standard InChI is InChI=1S/C22H20ClNO3/c23-21-8-4-7-17(24-21)14-26-18-9-10-20-19(12-18)22(25)16(13-27-20)11-15-5-2-1-3-6-15/h1-10,12,16,22,25H,11,13-14H2/t16-,22+/m0/s1. The molecule has 4 nitrogen and oxygen atoms in total. The number of hydrogen-bond donors (Lipinski definition) is 1. The van der Waals surface area contributed by atoms with Crippen LogP contribution in [0.4, 0.5) is 0 Å². The van der Waals surface area contributed by atoms with Crippen molar-refractivity contribution in [3.63, 3.8) is 0 Å². The maximum Gasteiger partial charge on any atom is 0.130 e. The number of halogens is 1. The van der Waals surface area contributed by atoms with Crippen LogP contribution in [0.15, 0.2) is 66.7 Å². The molecule has 1 aliphatic heterocycles. The van der Waals surface area contributed by atoms with Gasteiger partial charge >= 0.3 is 0 Å². The molecule has 1 aromatic heterocycles. The highest BCUT2D eigenvalue weighted by Gasteiger charge is 2.30. The second-order valence-corrected chi connectivity index (χ2v) is 7.03. The zero-order valence-corrected chi connectivity index (χ0v) is 15.5. The highest BCUT2D eigenvalue weighted by molar-refractivity contribution is 6.29. The first-order chi connectivity index (χ1) is 13.2. The summed E-state index contributed by atoms with van der Waals surface area (Å²) in [5.41, 5.74) is 2.70. The summed E-state index contributed by atoms with van der Waals surface area (Å²) in [6, 6.07) is 21.1. The summed E-state index contributed by atoms with van der Waals surface area (Å²) < 4.78 is 11.7. The highest BCUT2D eigenvalue weighted by atomic mass is 35.5. The Morgan fingerprint density at radius 2 is 1.93 bits per heavy atom. The van der Waals surface area contributed by atoms with Crippen molar-refractivity contribution < 1.29 is 14.6 Å². The van der Waals surface area contributed by atoms with Crippen molar-refractivity contribution in [2.24, 2.45) is 5.92 Å². The van der Waals surface area contributed by atoms with Gasteiger partial charge < -0.3 is 14.6 Å². The molecule has 0 unspecified atom stereocenters. The Morgan fingerprint density at radius 3 is 2.74 bits per heavy atom. The fourth-order valence-corrected chi connectivity index (χ4v) is 3.48. The molecule has 0 amide bonds. The van der Waals surface area contributed by atoms with Crippen molar-refractivity contribution in [1.82, 2.24) is 4.98 Å². The van der Waals surface area contributed by atoms with Gasteiger partial charge in [-0.05, 0) is 42.3 Å². The Morgan fingerprint density at radius 1 is 1.07 bits per heavy atom. The number of hydrogen-bond acceptors (Lipinski definition) is 4. The number of aliphatic hydroxyl groups is 1. The van der Waals surface area contributed by atoms with E-state index in [0.717, 1.165) is 17.7 Å². The van der Waals surface area contributed by atoms with Crippen molar-refractivity contribution in [1.29, 1.82) is 0 Å². The summed E-state index contributed by atoms with van der Waals surface area (Å²) in [4.78, 5) is 4.22. The molecule has 0 bridgehead atoms. The monoisotopic (exact) mass is 381 g/mol. The van der Waals surface area contributed by atoms with E-state index >= 15 is 0 Å². The van der Waals surface area contributed by atoms with Gasteiger partial charge in [0.1, 0.15) is 23.3 Å². The van der Waals surface area contributed by atoms with Crippen LogP contribution < -0.4 is 9.47 Å².